The van der Waals surface area contributed by atoms with E-state index in [2.05, 4.69) is 5.32 Å². The van der Waals surface area contributed by atoms with E-state index in [1.807, 2.05) is 0 Å². The van der Waals surface area contributed by atoms with Crippen molar-refractivity contribution in [1.82, 2.24) is 0 Å². The first-order valence-corrected chi connectivity index (χ1v) is 11.1. The normalized spacial score (nSPS) is 17.1. The van der Waals surface area contributed by atoms with Gasteiger partial charge in [-0.05, 0) is 42.7 Å². The molecule has 1 atom stereocenters. The molecule has 1 unspecified atom stereocenters. The van der Waals surface area contributed by atoms with Gasteiger partial charge in [0.05, 0.1) is 22.3 Å². The number of carbonyl (C=O) groups is 3. The minimum absolute atomic E-state index is 0.0309. The highest BCUT2D eigenvalue weighted by atomic mass is 35.5. The minimum Gasteiger partial charge on any atom is -0.456 e. The smallest absolute Gasteiger partial charge is 0.307 e. The van der Waals surface area contributed by atoms with Crippen LogP contribution < -0.4 is 10.2 Å². The molecule has 2 aliphatic heterocycles. The molecule has 32 heavy (non-hydrogen) atoms. The largest absolute Gasteiger partial charge is 0.456 e. The van der Waals surface area contributed by atoms with E-state index in [1.165, 1.54) is 28.8 Å². The number of thioether (sulfide) groups is 1. The SMILES string of the molecule is O=C(CC1Sc2ccc(Cl)cc2NC1=O)OCC(=O)N1CCCc2cc([N+](=O)[O-])ccc21. The summed E-state index contributed by atoms with van der Waals surface area (Å²) in [4.78, 5) is 50.0. The van der Waals surface area contributed by atoms with Crippen LogP contribution in [0.1, 0.15) is 18.4 Å². The van der Waals surface area contributed by atoms with Crippen LogP contribution in [0.3, 0.4) is 0 Å². The number of benzene rings is 2. The number of anilines is 2. The number of amides is 2. The van der Waals surface area contributed by atoms with Crippen molar-refractivity contribution >= 4 is 58.2 Å². The van der Waals surface area contributed by atoms with Crippen molar-refractivity contribution in [3.63, 3.8) is 0 Å². The van der Waals surface area contributed by atoms with Crippen LogP contribution in [-0.4, -0.2) is 41.1 Å². The third-order valence-corrected chi connectivity index (χ3v) is 6.67. The van der Waals surface area contributed by atoms with Gasteiger partial charge in [0, 0.05) is 34.3 Å². The molecule has 166 valence electrons. The summed E-state index contributed by atoms with van der Waals surface area (Å²) in [6.07, 6.45) is 1.09. The molecular weight excluding hydrogens is 458 g/mol. The highest BCUT2D eigenvalue weighted by molar-refractivity contribution is 8.01. The molecular formula is C21H18ClN3O6S. The fraction of sp³-hybridized carbons (Fsp3) is 0.286. The number of fused-ring (bicyclic) bond motifs is 2. The molecule has 9 nitrogen and oxygen atoms in total. The number of rotatable bonds is 5. The summed E-state index contributed by atoms with van der Waals surface area (Å²) in [5.41, 5.74) is 1.85. The summed E-state index contributed by atoms with van der Waals surface area (Å²) in [5.74, 6) is -1.42. The molecule has 2 heterocycles. The predicted octanol–water partition coefficient (Wildman–Crippen LogP) is 3.57. The average Bonchev–Trinajstić information content (AvgIpc) is 2.77. The Labute approximate surface area is 192 Å². The molecule has 4 rings (SSSR count). The molecule has 2 amide bonds. The van der Waals surface area contributed by atoms with Gasteiger partial charge in [0.1, 0.15) is 0 Å². The minimum atomic E-state index is -0.678. The number of nitrogens with one attached hydrogen (secondary N) is 1. The standard InChI is InChI=1S/C21H18ClN3O6S/c22-13-3-6-17-15(9-13)23-21(28)18(32-17)10-20(27)31-11-19(26)24-7-1-2-12-8-14(25(29)30)4-5-16(12)24/h3-6,8-9,18H,1-2,7,10-11H2,(H,23,28). The van der Waals surface area contributed by atoms with Crippen LogP contribution in [0.5, 0.6) is 0 Å². The van der Waals surface area contributed by atoms with Crippen molar-refractivity contribution in [2.45, 2.75) is 29.4 Å². The summed E-state index contributed by atoms with van der Waals surface area (Å²) in [6, 6.07) is 9.45. The van der Waals surface area contributed by atoms with Crippen molar-refractivity contribution in [3.8, 4) is 0 Å². The van der Waals surface area contributed by atoms with Crippen molar-refractivity contribution in [2.75, 3.05) is 23.4 Å². The number of non-ortho nitro benzene ring substituents is 1. The van der Waals surface area contributed by atoms with E-state index >= 15 is 0 Å². The van der Waals surface area contributed by atoms with Gasteiger partial charge in [-0.25, -0.2) is 0 Å². The Morgan fingerprint density at radius 3 is 2.88 bits per heavy atom. The summed E-state index contributed by atoms with van der Waals surface area (Å²) >= 11 is 7.17. The molecule has 0 radical (unpaired) electrons. The number of ether oxygens (including phenoxy) is 1. The molecule has 0 aromatic heterocycles. The lowest BCUT2D eigenvalue weighted by Gasteiger charge is -2.29. The lowest BCUT2D eigenvalue weighted by molar-refractivity contribution is -0.384. The molecule has 0 spiro atoms. The topological polar surface area (TPSA) is 119 Å². The van der Waals surface area contributed by atoms with Crippen LogP contribution in [0.2, 0.25) is 5.02 Å². The summed E-state index contributed by atoms with van der Waals surface area (Å²) in [7, 11) is 0. The van der Waals surface area contributed by atoms with Gasteiger partial charge in [0.15, 0.2) is 6.61 Å². The highest BCUT2D eigenvalue weighted by Crippen LogP contribution is 2.38. The fourth-order valence-electron chi connectivity index (χ4n) is 3.64. The Morgan fingerprint density at radius 1 is 1.28 bits per heavy atom. The van der Waals surface area contributed by atoms with E-state index in [0.717, 1.165) is 4.90 Å². The number of halogens is 1. The van der Waals surface area contributed by atoms with Crippen molar-refractivity contribution < 1.29 is 24.0 Å². The Kier molecular flexibility index (Phi) is 6.33. The van der Waals surface area contributed by atoms with Gasteiger partial charge >= 0.3 is 5.97 Å². The molecule has 11 heteroatoms. The van der Waals surface area contributed by atoms with E-state index in [9.17, 15) is 24.5 Å². The van der Waals surface area contributed by atoms with Gasteiger partial charge in [0.25, 0.3) is 11.6 Å². The van der Waals surface area contributed by atoms with E-state index in [-0.39, 0.29) is 18.0 Å². The highest BCUT2D eigenvalue weighted by Gasteiger charge is 2.31. The van der Waals surface area contributed by atoms with E-state index < -0.39 is 28.7 Å². The van der Waals surface area contributed by atoms with Crippen molar-refractivity contribution in [2.24, 2.45) is 0 Å². The second-order valence-electron chi connectivity index (χ2n) is 7.32. The van der Waals surface area contributed by atoms with Gasteiger partial charge in [0.2, 0.25) is 5.91 Å². The monoisotopic (exact) mass is 475 g/mol. The van der Waals surface area contributed by atoms with Crippen LogP contribution in [0.25, 0.3) is 0 Å². The molecule has 2 aromatic carbocycles. The number of nitro benzene ring substituents is 1. The van der Waals surface area contributed by atoms with Crippen molar-refractivity contribution in [1.29, 1.82) is 0 Å². The van der Waals surface area contributed by atoms with Gasteiger partial charge in [-0.3, -0.25) is 24.5 Å². The van der Waals surface area contributed by atoms with Crippen LogP contribution in [0, 0.1) is 10.1 Å². The first-order chi connectivity index (χ1) is 15.3. The van der Waals surface area contributed by atoms with E-state index in [0.29, 0.717) is 41.3 Å². The van der Waals surface area contributed by atoms with Crippen LogP contribution >= 0.6 is 23.4 Å². The Balaban J connectivity index is 1.35. The van der Waals surface area contributed by atoms with Gasteiger partial charge in [-0.1, -0.05) is 11.6 Å². The Morgan fingerprint density at radius 2 is 2.09 bits per heavy atom. The molecule has 2 aliphatic rings. The number of carbonyl (C=O) groups excluding carboxylic acids is 3. The lowest BCUT2D eigenvalue weighted by atomic mass is 10.0. The third-order valence-electron chi connectivity index (χ3n) is 5.16. The van der Waals surface area contributed by atoms with E-state index in [4.69, 9.17) is 16.3 Å². The Bertz CT molecular complexity index is 1120. The maximum Gasteiger partial charge on any atom is 0.307 e. The second-order valence-corrected chi connectivity index (χ2v) is 9.00. The number of aryl methyl sites for hydroxylation is 1. The maximum absolute atomic E-state index is 12.7. The number of hydrogen-bond acceptors (Lipinski definition) is 7. The summed E-state index contributed by atoms with van der Waals surface area (Å²) in [5, 5.41) is 13.5. The molecule has 0 bridgehead atoms. The molecule has 0 saturated carbocycles. The average molecular weight is 476 g/mol. The number of esters is 1. The van der Waals surface area contributed by atoms with Crippen molar-refractivity contribution in [3.05, 3.63) is 57.1 Å². The number of nitrogens with zero attached hydrogens (tertiary/aromatic N) is 2. The Hall–Kier alpha value is -3.11. The van der Waals surface area contributed by atoms with Crippen LogP contribution in [0.4, 0.5) is 17.1 Å². The summed E-state index contributed by atoms with van der Waals surface area (Å²) in [6.45, 7) is -0.0398. The number of nitro groups is 1. The quantitative estimate of drug-likeness (QED) is 0.399. The number of hydrogen-bond donors (Lipinski definition) is 1. The zero-order chi connectivity index (χ0) is 22.8. The van der Waals surface area contributed by atoms with Crippen LogP contribution in [-0.2, 0) is 25.5 Å². The van der Waals surface area contributed by atoms with E-state index in [1.54, 1.807) is 24.3 Å². The lowest BCUT2D eigenvalue weighted by Crippen LogP contribution is -2.39. The third kappa shape index (κ3) is 4.71. The first kappa shape index (κ1) is 22.1. The van der Waals surface area contributed by atoms with Gasteiger partial charge in [-0.15, -0.1) is 11.8 Å². The maximum atomic E-state index is 12.7. The zero-order valence-corrected chi connectivity index (χ0v) is 18.3. The summed E-state index contributed by atoms with van der Waals surface area (Å²) < 4.78 is 5.14. The molecule has 0 fully saturated rings. The molecule has 2 aromatic rings. The first-order valence-electron chi connectivity index (χ1n) is 9.82. The van der Waals surface area contributed by atoms with Crippen LogP contribution in [0.15, 0.2) is 41.3 Å². The molecule has 0 saturated heterocycles. The molecule has 0 aliphatic carbocycles. The second kappa shape index (κ2) is 9.17. The van der Waals surface area contributed by atoms with Gasteiger partial charge < -0.3 is 15.0 Å². The van der Waals surface area contributed by atoms with Gasteiger partial charge in [-0.2, -0.15) is 0 Å². The molecule has 1 N–H and O–H groups in total. The fourth-order valence-corrected chi connectivity index (χ4v) is 4.89. The predicted molar refractivity (Wildman–Crippen MR) is 119 cm³/mol. The zero-order valence-electron chi connectivity index (χ0n) is 16.7.